The summed E-state index contributed by atoms with van der Waals surface area (Å²) in [5, 5.41) is 0. The first-order valence-electron chi connectivity index (χ1n) is 9.27. The Balaban J connectivity index is 2.48. The molecule has 0 saturated carbocycles. The van der Waals surface area contributed by atoms with Gasteiger partial charge in [0.1, 0.15) is 0 Å². The minimum absolute atomic E-state index is 0.122. The molecule has 23 heavy (non-hydrogen) atoms. The third kappa shape index (κ3) is 3.48. The van der Waals surface area contributed by atoms with Gasteiger partial charge in [0.25, 0.3) is 0 Å². The quantitative estimate of drug-likeness (QED) is 0.417. The van der Waals surface area contributed by atoms with E-state index in [4.69, 9.17) is 4.43 Å². The molecule has 1 nitrogen and oxygen atoms in total. The van der Waals surface area contributed by atoms with Crippen LogP contribution in [0.15, 0.2) is 30.4 Å². The average molecular weight is 331 g/mol. The lowest BCUT2D eigenvalue weighted by Gasteiger charge is -2.46. The Morgan fingerprint density at radius 3 is 2.39 bits per heavy atom. The predicted octanol–water partition coefficient (Wildman–Crippen LogP) is 6.69. The second-order valence-corrected chi connectivity index (χ2v) is 12.3. The molecule has 2 unspecified atom stereocenters. The fourth-order valence-electron chi connectivity index (χ4n) is 4.22. The third-order valence-corrected chi connectivity index (χ3v) is 10.8. The molecule has 0 heterocycles. The lowest BCUT2D eigenvalue weighted by molar-refractivity contribution is 0.0515. The summed E-state index contributed by atoms with van der Waals surface area (Å²) in [6, 6.07) is 10.6. The smallest absolute Gasteiger partial charge is 0.193 e. The first-order chi connectivity index (χ1) is 10.8. The summed E-state index contributed by atoms with van der Waals surface area (Å²) in [6.07, 6.45) is 2.26. The molecule has 0 amide bonds. The van der Waals surface area contributed by atoms with Crippen molar-refractivity contribution in [3.05, 3.63) is 47.0 Å². The van der Waals surface area contributed by atoms with Gasteiger partial charge in [-0.25, -0.2) is 0 Å². The van der Waals surface area contributed by atoms with Crippen molar-refractivity contribution >= 4 is 8.32 Å². The highest BCUT2D eigenvalue weighted by Crippen LogP contribution is 2.48. The number of hydrogen-bond acceptors (Lipinski definition) is 1. The maximum atomic E-state index is 7.02. The van der Waals surface area contributed by atoms with Gasteiger partial charge in [-0.1, -0.05) is 56.7 Å². The summed E-state index contributed by atoms with van der Waals surface area (Å²) in [5.74, 6) is 0.488. The van der Waals surface area contributed by atoms with E-state index < -0.39 is 8.32 Å². The van der Waals surface area contributed by atoms with Crippen LogP contribution in [0.1, 0.15) is 70.1 Å². The van der Waals surface area contributed by atoms with Gasteiger partial charge in [0.2, 0.25) is 0 Å². The molecule has 0 aliphatic heterocycles. The molecule has 1 aromatic rings. The van der Waals surface area contributed by atoms with Crippen LogP contribution in [-0.4, -0.2) is 8.32 Å². The Hall–Kier alpha value is -0.863. The fourth-order valence-corrected chi connectivity index (χ4v) is 7.32. The molecule has 0 N–H and O–H groups in total. The summed E-state index contributed by atoms with van der Waals surface area (Å²) in [7, 11) is -1.63. The van der Waals surface area contributed by atoms with E-state index in [1.807, 2.05) is 0 Å². The van der Waals surface area contributed by atoms with Gasteiger partial charge in [-0.15, -0.1) is 0 Å². The highest BCUT2D eigenvalue weighted by atomic mass is 28.4. The van der Waals surface area contributed by atoms with Crippen LogP contribution in [0.5, 0.6) is 0 Å². The lowest BCUT2D eigenvalue weighted by atomic mass is 9.72. The van der Waals surface area contributed by atoms with Crippen LogP contribution in [0.4, 0.5) is 0 Å². The van der Waals surface area contributed by atoms with Crippen molar-refractivity contribution < 1.29 is 4.43 Å². The van der Waals surface area contributed by atoms with Crippen molar-refractivity contribution in [2.45, 2.75) is 84.0 Å². The lowest BCUT2D eigenvalue weighted by Crippen LogP contribution is -2.46. The summed E-state index contributed by atoms with van der Waals surface area (Å²) < 4.78 is 7.02. The highest BCUT2D eigenvalue weighted by Gasteiger charge is 2.43. The van der Waals surface area contributed by atoms with Crippen LogP contribution in [0.2, 0.25) is 18.1 Å². The van der Waals surface area contributed by atoms with E-state index in [2.05, 4.69) is 66.3 Å². The summed E-state index contributed by atoms with van der Waals surface area (Å²) in [4.78, 5) is 0. The van der Waals surface area contributed by atoms with Gasteiger partial charge in [0.05, 0.1) is 5.60 Å². The van der Waals surface area contributed by atoms with Crippen LogP contribution in [-0.2, 0) is 10.0 Å². The summed E-state index contributed by atoms with van der Waals surface area (Å²) >= 11 is 0. The maximum Gasteiger partial charge on any atom is 0.193 e. The predicted molar refractivity (Wildman–Crippen MR) is 104 cm³/mol. The monoisotopic (exact) mass is 330 g/mol. The molecule has 1 aliphatic rings. The molecular weight excluding hydrogens is 296 g/mol. The second-order valence-electron chi connectivity index (χ2n) is 7.60. The van der Waals surface area contributed by atoms with Gasteiger partial charge in [-0.3, -0.25) is 0 Å². The van der Waals surface area contributed by atoms with Crippen molar-refractivity contribution in [1.29, 1.82) is 0 Å². The zero-order valence-electron chi connectivity index (χ0n) is 16.0. The van der Waals surface area contributed by atoms with Gasteiger partial charge in [-0.05, 0) is 62.9 Å². The largest absolute Gasteiger partial charge is 0.408 e. The third-order valence-electron chi connectivity index (χ3n) is 6.03. The van der Waals surface area contributed by atoms with E-state index >= 15 is 0 Å². The zero-order chi connectivity index (χ0) is 17.3. The first kappa shape index (κ1) is 18.5. The Kier molecular flexibility index (Phi) is 5.58. The normalized spacial score (nSPS) is 24.3. The highest BCUT2D eigenvalue weighted by molar-refractivity contribution is 6.73. The molecule has 2 rings (SSSR count). The van der Waals surface area contributed by atoms with E-state index in [1.165, 1.54) is 40.4 Å². The minimum atomic E-state index is -1.63. The van der Waals surface area contributed by atoms with Crippen LogP contribution in [0.25, 0.3) is 0 Å². The van der Waals surface area contributed by atoms with Gasteiger partial charge in [0, 0.05) is 5.92 Å². The van der Waals surface area contributed by atoms with E-state index in [9.17, 15) is 0 Å². The number of benzene rings is 1. The Labute approximate surface area is 144 Å². The zero-order valence-corrected chi connectivity index (χ0v) is 17.0. The number of fused-ring (bicyclic) bond motifs is 1. The Bertz CT molecular complexity index is 565. The van der Waals surface area contributed by atoms with Gasteiger partial charge in [0.15, 0.2) is 8.32 Å². The topological polar surface area (TPSA) is 9.23 Å². The van der Waals surface area contributed by atoms with Crippen molar-refractivity contribution in [3.8, 4) is 0 Å². The van der Waals surface area contributed by atoms with Gasteiger partial charge < -0.3 is 4.43 Å². The van der Waals surface area contributed by atoms with E-state index in [1.54, 1.807) is 0 Å². The Morgan fingerprint density at radius 2 is 1.87 bits per heavy atom. The van der Waals surface area contributed by atoms with Crippen molar-refractivity contribution in [2.75, 3.05) is 0 Å². The second kappa shape index (κ2) is 6.94. The molecule has 0 radical (unpaired) electrons. The van der Waals surface area contributed by atoms with Crippen LogP contribution in [0.3, 0.4) is 0 Å². The van der Waals surface area contributed by atoms with Crippen molar-refractivity contribution in [1.82, 2.24) is 0 Å². The van der Waals surface area contributed by atoms with Gasteiger partial charge >= 0.3 is 0 Å². The maximum absolute atomic E-state index is 7.02. The number of allylic oxidation sites excluding steroid dienone is 1. The van der Waals surface area contributed by atoms with E-state index in [-0.39, 0.29) is 5.60 Å². The van der Waals surface area contributed by atoms with Crippen molar-refractivity contribution in [3.63, 3.8) is 0 Å². The molecule has 128 valence electrons. The molecule has 0 spiro atoms. The fraction of sp³-hybridized carbons (Fsp3) is 0.619. The molecule has 2 heteroatoms. The van der Waals surface area contributed by atoms with Crippen molar-refractivity contribution in [2.24, 2.45) is 0 Å². The van der Waals surface area contributed by atoms with Crippen LogP contribution in [0, 0.1) is 6.92 Å². The number of hydrogen-bond donors (Lipinski definition) is 0. The summed E-state index contributed by atoms with van der Waals surface area (Å²) in [6.45, 7) is 17.9. The first-order valence-corrected chi connectivity index (χ1v) is 11.8. The molecule has 1 aliphatic carbocycles. The standard InChI is InChI=1S/C21H34OSi/c1-8-23(9-2,10-3)22-21(7)14-13-18(16(4)5)19-15-17(6)11-12-20(19)21/h11-12,15,18H,4,8-10,13-14H2,1-3,5-7H3. The van der Waals surface area contributed by atoms with E-state index in [0.29, 0.717) is 5.92 Å². The molecule has 0 fully saturated rings. The SMILES string of the molecule is C=C(C)C1CCC(C)(O[Si](CC)(CC)CC)c2ccc(C)cc21. The molecular formula is C21H34OSi. The average Bonchev–Trinajstić information content (AvgIpc) is 2.52. The molecule has 1 aromatic carbocycles. The van der Waals surface area contributed by atoms with Crippen LogP contribution >= 0.6 is 0 Å². The Morgan fingerprint density at radius 1 is 1.26 bits per heavy atom. The molecule has 2 atom stereocenters. The number of rotatable bonds is 6. The minimum Gasteiger partial charge on any atom is -0.408 e. The molecule has 0 bridgehead atoms. The molecule has 0 aromatic heterocycles. The number of aryl methyl sites for hydroxylation is 1. The van der Waals surface area contributed by atoms with Gasteiger partial charge in [-0.2, -0.15) is 0 Å². The molecule has 0 saturated heterocycles. The summed E-state index contributed by atoms with van der Waals surface area (Å²) in [5.41, 5.74) is 5.36. The van der Waals surface area contributed by atoms with Crippen LogP contribution < -0.4 is 0 Å². The van der Waals surface area contributed by atoms with E-state index in [0.717, 1.165) is 12.8 Å².